The number of phenolic OH excluding ortho intramolecular Hbond substituents is 1. The van der Waals surface area contributed by atoms with Crippen LogP contribution in [0.1, 0.15) is 5.56 Å². The van der Waals surface area contributed by atoms with Crippen LogP contribution in [0.5, 0.6) is 5.75 Å². The standard InChI is InChI=1S/C12H17N3O2/c16-9-14-11-2-1-10(12(17)7-11)8-15-5-3-13-4-6-15/h1-2,7,9,13,17H,3-6,8H2,(H,14,16). The molecule has 3 N–H and O–H groups in total. The van der Waals surface area contributed by atoms with E-state index in [2.05, 4.69) is 15.5 Å². The highest BCUT2D eigenvalue weighted by Crippen LogP contribution is 2.23. The van der Waals surface area contributed by atoms with Gasteiger partial charge in [0.05, 0.1) is 0 Å². The third-order valence-electron chi connectivity index (χ3n) is 2.91. The second-order valence-corrected chi connectivity index (χ2v) is 4.13. The lowest BCUT2D eigenvalue weighted by Gasteiger charge is -2.27. The molecule has 1 heterocycles. The fourth-order valence-corrected chi connectivity index (χ4v) is 1.97. The van der Waals surface area contributed by atoms with Crippen LogP contribution in [-0.4, -0.2) is 42.6 Å². The average Bonchev–Trinajstić information content (AvgIpc) is 2.34. The molecule has 0 radical (unpaired) electrons. The topological polar surface area (TPSA) is 64.6 Å². The second kappa shape index (κ2) is 5.65. The van der Waals surface area contributed by atoms with Gasteiger partial charge in [0.25, 0.3) is 0 Å². The highest BCUT2D eigenvalue weighted by Gasteiger charge is 2.12. The first kappa shape index (κ1) is 11.9. The number of hydrogen-bond donors (Lipinski definition) is 3. The van der Waals surface area contributed by atoms with Crippen molar-refractivity contribution in [2.75, 3.05) is 31.5 Å². The van der Waals surface area contributed by atoms with E-state index >= 15 is 0 Å². The first-order valence-corrected chi connectivity index (χ1v) is 5.75. The molecular formula is C12H17N3O2. The zero-order chi connectivity index (χ0) is 12.1. The summed E-state index contributed by atoms with van der Waals surface area (Å²) in [4.78, 5) is 12.6. The smallest absolute Gasteiger partial charge is 0.211 e. The Labute approximate surface area is 100 Å². The van der Waals surface area contributed by atoms with Crippen LogP contribution >= 0.6 is 0 Å². The van der Waals surface area contributed by atoms with Gasteiger partial charge in [-0.15, -0.1) is 0 Å². The van der Waals surface area contributed by atoms with Crippen LogP contribution in [0.15, 0.2) is 18.2 Å². The second-order valence-electron chi connectivity index (χ2n) is 4.13. The van der Waals surface area contributed by atoms with E-state index in [0.717, 1.165) is 38.3 Å². The van der Waals surface area contributed by atoms with Crippen molar-refractivity contribution < 1.29 is 9.90 Å². The molecule has 0 aromatic heterocycles. The minimum Gasteiger partial charge on any atom is -0.508 e. The Balaban J connectivity index is 2.02. The molecule has 1 amide bonds. The molecule has 1 aromatic rings. The van der Waals surface area contributed by atoms with E-state index in [1.54, 1.807) is 12.1 Å². The van der Waals surface area contributed by atoms with Crippen LogP contribution in [0.25, 0.3) is 0 Å². The highest BCUT2D eigenvalue weighted by atomic mass is 16.3. The number of rotatable bonds is 4. The van der Waals surface area contributed by atoms with Gasteiger partial charge in [-0.25, -0.2) is 0 Å². The summed E-state index contributed by atoms with van der Waals surface area (Å²) < 4.78 is 0. The first-order chi connectivity index (χ1) is 8.29. The zero-order valence-electron chi connectivity index (χ0n) is 9.65. The third-order valence-corrected chi connectivity index (χ3v) is 2.91. The minimum atomic E-state index is 0.232. The predicted octanol–water partition coefficient (Wildman–Crippen LogP) is 0.366. The molecule has 0 unspecified atom stereocenters. The molecule has 0 aliphatic carbocycles. The molecule has 5 nitrogen and oxygen atoms in total. The van der Waals surface area contributed by atoms with Crippen molar-refractivity contribution in [3.05, 3.63) is 23.8 Å². The predicted molar refractivity (Wildman–Crippen MR) is 65.9 cm³/mol. The number of carbonyl (C=O) groups excluding carboxylic acids is 1. The van der Waals surface area contributed by atoms with Crippen molar-refractivity contribution >= 4 is 12.1 Å². The molecule has 2 rings (SSSR count). The van der Waals surface area contributed by atoms with Gasteiger partial charge in [-0.05, 0) is 6.07 Å². The Kier molecular flexibility index (Phi) is 3.95. The van der Waals surface area contributed by atoms with Crippen molar-refractivity contribution in [3.8, 4) is 5.75 Å². The van der Waals surface area contributed by atoms with Crippen LogP contribution in [0.4, 0.5) is 5.69 Å². The lowest BCUT2D eigenvalue weighted by atomic mass is 10.1. The lowest BCUT2D eigenvalue weighted by Crippen LogP contribution is -2.42. The molecule has 1 aliphatic rings. The fourth-order valence-electron chi connectivity index (χ4n) is 1.97. The van der Waals surface area contributed by atoms with E-state index in [1.165, 1.54) is 0 Å². The normalized spacial score (nSPS) is 16.7. The summed E-state index contributed by atoms with van der Waals surface area (Å²) in [5.41, 5.74) is 1.50. The Morgan fingerprint density at radius 3 is 2.82 bits per heavy atom. The number of amides is 1. The lowest BCUT2D eigenvalue weighted by molar-refractivity contribution is -0.105. The largest absolute Gasteiger partial charge is 0.508 e. The number of piperazine rings is 1. The monoisotopic (exact) mass is 235 g/mol. The van der Waals surface area contributed by atoms with E-state index in [4.69, 9.17) is 0 Å². The number of aromatic hydroxyl groups is 1. The zero-order valence-corrected chi connectivity index (χ0v) is 9.65. The first-order valence-electron chi connectivity index (χ1n) is 5.75. The van der Waals surface area contributed by atoms with Crippen LogP contribution < -0.4 is 10.6 Å². The molecule has 5 heteroatoms. The highest BCUT2D eigenvalue weighted by molar-refractivity contribution is 5.72. The number of anilines is 1. The van der Waals surface area contributed by atoms with Gasteiger partial charge in [0.1, 0.15) is 5.75 Å². The number of carbonyl (C=O) groups is 1. The Hall–Kier alpha value is -1.59. The van der Waals surface area contributed by atoms with Crippen LogP contribution in [0.3, 0.4) is 0 Å². The maximum Gasteiger partial charge on any atom is 0.211 e. The van der Waals surface area contributed by atoms with E-state index in [9.17, 15) is 9.90 Å². The third kappa shape index (κ3) is 3.18. The fraction of sp³-hybridized carbons (Fsp3) is 0.417. The van der Waals surface area contributed by atoms with Gasteiger partial charge in [-0.3, -0.25) is 9.69 Å². The van der Waals surface area contributed by atoms with Gasteiger partial charge in [0.15, 0.2) is 0 Å². The number of nitrogens with one attached hydrogen (secondary N) is 2. The van der Waals surface area contributed by atoms with Gasteiger partial charge in [-0.1, -0.05) is 6.07 Å². The Morgan fingerprint density at radius 2 is 2.18 bits per heavy atom. The summed E-state index contributed by atoms with van der Waals surface area (Å²) in [5, 5.41) is 15.7. The molecule has 92 valence electrons. The maximum absolute atomic E-state index is 10.3. The summed E-state index contributed by atoms with van der Waals surface area (Å²) >= 11 is 0. The van der Waals surface area contributed by atoms with Gasteiger partial charge >= 0.3 is 0 Å². The van der Waals surface area contributed by atoms with E-state index in [0.29, 0.717) is 12.1 Å². The van der Waals surface area contributed by atoms with Crippen LogP contribution in [-0.2, 0) is 11.3 Å². The van der Waals surface area contributed by atoms with E-state index < -0.39 is 0 Å². The summed E-state index contributed by atoms with van der Waals surface area (Å²) in [6.07, 6.45) is 0.602. The molecule has 1 fully saturated rings. The molecule has 0 spiro atoms. The molecular weight excluding hydrogens is 218 g/mol. The quantitative estimate of drug-likeness (QED) is 0.660. The SMILES string of the molecule is O=CNc1ccc(CN2CCNCC2)c(O)c1. The summed E-state index contributed by atoms with van der Waals surface area (Å²) in [6, 6.07) is 5.22. The molecule has 0 saturated carbocycles. The van der Waals surface area contributed by atoms with Crippen molar-refractivity contribution in [2.45, 2.75) is 6.54 Å². The summed E-state index contributed by atoms with van der Waals surface area (Å²) in [5.74, 6) is 0.232. The van der Waals surface area contributed by atoms with Crippen molar-refractivity contribution in [1.29, 1.82) is 0 Å². The number of hydrogen-bond acceptors (Lipinski definition) is 4. The summed E-state index contributed by atoms with van der Waals surface area (Å²) in [6.45, 7) is 4.72. The van der Waals surface area contributed by atoms with E-state index in [-0.39, 0.29) is 5.75 Å². The van der Waals surface area contributed by atoms with Gasteiger partial charge < -0.3 is 15.7 Å². The Bertz CT molecular complexity index is 389. The minimum absolute atomic E-state index is 0.232. The maximum atomic E-state index is 10.3. The number of benzene rings is 1. The van der Waals surface area contributed by atoms with Gasteiger partial charge in [-0.2, -0.15) is 0 Å². The molecule has 17 heavy (non-hydrogen) atoms. The molecule has 0 atom stereocenters. The molecule has 1 aromatic carbocycles. The van der Waals surface area contributed by atoms with Crippen LogP contribution in [0.2, 0.25) is 0 Å². The number of nitrogens with zero attached hydrogens (tertiary/aromatic N) is 1. The molecule has 0 bridgehead atoms. The van der Waals surface area contributed by atoms with Crippen LogP contribution in [0, 0.1) is 0 Å². The van der Waals surface area contributed by atoms with Crippen molar-refractivity contribution in [3.63, 3.8) is 0 Å². The Morgan fingerprint density at radius 1 is 1.41 bits per heavy atom. The average molecular weight is 235 g/mol. The molecule has 1 saturated heterocycles. The van der Waals surface area contributed by atoms with Gasteiger partial charge in [0.2, 0.25) is 6.41 Å². The van der Waals surface area contributed by atoms with Crippen molar-refractivity contribution in [1.82, 2.24) is 10.2 Å². The van der Waals surface area contributed by atoms with Crippen molar-refractivity contribution in [2.24, 2.45) is 0 Å². The van der Waals surface area contributed by atoms with E-state index in [1.807, 2.05) is 6.07 Å². The van der Waals surface area contributed by atoms with Gasteiger partial charge in [0, 0.05) is 50.0 Å². The summed E-state index contributed by atoms with van der Waals surface area (Å²) in [7, 11) is 0. The molecule has 1 aliphatic heterocycles. The number of phenols is 1.